The van der Waals surface area contributed by atoms with E-state index in [2.05, 4.69) is 5.10 Å². The third-order valence-electron chi connectivity index (χ3n) is 2.92. The lowest BCUT2D eigenvalue weighted by molar-refractivity contribution is -0.384. The van der Waals surface area contributed by atoms with Crippen LogP contribution in [0.5, 0.6) is 0 Å². The molecule has 0 atom stereocenters. The molecule has 0 saturated heterocycles. The highest BCUT2D eigenvalue weighted by molar-refractivity contribution is 6.30. The van der Waals surface area contributed by atoms with E-state index in [9.17, 15) is 14.9 Å². The van der Waals surface area contributed by atoms with Crippen LogP contribution in [0.4, 0.5) is 5.69 Å². The number of hydrogen-bond acceptors (Lipinski definition) is 5. The normalized spacial score (nSPS) is 10.5. The summed E-state index contributed by atoms with van der Waals surface area (Å²) in [6, 6.07) is 6.04. The lowest BCUT2D eigenvalue weighted by atomic mass is 10.1. The van der Waals surface area contributed by atoms with Crippen molar-refractivity contribution >= 4 is 23.3 Å². The van der Waals surface area contributed by atoms with Crippen LogP contribution in [0.3, 0.4) is 0 Å². The third kappa shape index (κ3) is 3.43. The van der Waals surface area contributed by atoms with E-state index in [1.165, 1.54) is 10.7 Å². The monoisotopic (exact) mass is 323 g/mol. The van der Waals surface area contributed by atoms with Crippen molar-refractivity contribution in [2.45, 2.75) is 20.4 Å². The SMILES string of the molecule is CCOC(=O)Cn1nc(C)cc1-c1ccc(Cl)cc1[N+](=O)[O-]. The number of halogens is 1. The molecule has 0 unspecified atom stereocenters. The Bertz CT molecular complexity index is 727. The van der Waals surface area contributed by atoms with Crippen LogP contribution in [0.25, 0.3) is 11.3 Å². The van der Waals surface area contributed by atoms with E-state index < -0.39 is 10.9 Å². The molecule has 0 bridgehead atoms. The van der Waals surface area contributed by atoms with Gasteiger partial charge in [-0.25, -0.2) is 0 Å². The van der Waals surface area contributed by atoms with Crippen LogP contribution in [0, 0.1) is 17.0 Å². The number of carbonyl (C=O) groups is 1. The molecule has 7 nitrogen and oxygen atoms in total. The van der Waals surface area contributed by atoms with Gasteiger partial charge < -0.3 is 4.74 Å². The number of nitro groups is 1. The minimum atomic E-state index is -0.516. The molecule has 0 radical (unpaired) electrons. The molecule has 116 valence electrons. The van der Waals surface area contributed by atoms with Gasteiger partial charge in [0.25, 0.3) is 5.69 Å². The van der Waals surface area contributed by atoms with Gasteiger partial charge in [-0.3, -0.25) is 19.6 Å². The number of benzene rings is 1. The fourth-order valence-corrected chi connectivity index (χ4v) is 2.25. The van der Waals surface area contributed by atoms with Crippen molar-refractivity contribution in [3.63, 3.8) is 0 Å². The lowest BCUT2D eigenvalue weighted by Crippen LogP contribution is -2.15. The van der Waals surface area contributed by atoms with Crippen molar-refractivity contribution < 1.29 is 14.5 Å². The maximum Gasteiger partial charge on any atom is 0.327 e. The highest BCUT2D eigenvalue weighted by Gasteiger charge is 2.21. The molecule has 0 N–H and O–H groups in total. The molecule has 0 aliphatic rings. The number of carbonyl (C=O) groups excluding carboxylic acids is 1. The van der Waals surface area contributed by atoms with Gasteiger partial charge in [-0.1, -0.05) is 11.6 Å². The fourth-order valence-electron chi connectivity index (χ4n) is 2.08. The number of nitro benzene ring substituents is 1. The Morgan fingerprint density at radius 3 is 2.82 bits per heavy atom. The van der Waals surface area contributed by atoms with Crippen LogP contribution < -0.4 is 0 Å². The zero-order chi connectivity index (χ0) is 16.3. The van der Waals surface area contributed by atoms with E-state index in [0.717, 1.165) is 0 Å². The van der Waals surface area contributed by atoms with Gasteiger partial charge >= 0.3 is 5.97 Å². The molecule has 1 heterocycles. The first-order chi connectivity index (χ1) is 10.4. The summed E-state index contributed by atoms with van der Waals surface area (Å²) in [6.07, 6.45) is 0. The van der Waals surface area contributed by atoms with Gasteiger partial charge in [0.2, 0.25) is 0 Å². The van der Waals surface area contributed by atoms with Gasteiger partial charge in [0.1, 0.15) is 6.54 Å². The smallest absolute Gasteiger partial charge is 0.327 e. The lowest BCUT2D eigenvalue weighted by Gasteiger charge is -2.08. The van der Waals surface area contributed by atoms with Crippen LogP contribution >= 0.6 is 11.6 Å². The van der Waals surface area contributed by atoms with Crippen molar-refractivity contribution in [3.8, 4) is 11.3 Å². The summed E-state index contributed by atoms with van der Waals surface area (Å²) in [4.78, 5) is 22.3. The minimum Gasteiger partial charge on any atom is -0.465 e. The summed E-state index contributed by atoms with van der Waals surface area (Å²) in [5, 5.41) is 15.7. The number of ether oxygens (including phenoxy) is 1. The number of hydrogen-bond donors (Lipinski definition) is 0. The van der Waals surface area contributed by atoms with Gasteiger partial charge in [-0.05, 0) is 32.0 Å². The maximum absolute atomic E-state index is 11.6. The van der Waals surface area contributed by atoms with Gasteiger partial charge in [0, 0.05) is 11.1 Å². The summed E-state index contributed by atoms with van der Waals surface area (Å²) in [7, 11) is 0. The second-order valence-corrected chi connectivity index (χ2v) is 4.99. The quantitative estimate of drug-likeness (QED) is 0.479. The van der Waals surface area contributed by atoms with Crippen LogP contribution in [-0.4, -0.2) is 27.3 Å². The Morgan fingerprint density at radius 1 is 1.45 bits per heavy atom. The van der Waals surface area contributed by atoms with Crippen LogP contribution in [0.2, 0.25) is 5.02 Å². The maximum atomic E-state index is 11.6. The molecule has 2 aromatic rings. The number of nitrogens with zero attached hydrogens (tertiary/aromatic N) is 3. The predicted molar refractivity (Wildman–Crippen MR) is 80.7 cm³/mol. The summed E-state index contributed by atoms with van der Waals surface area (Å²) in [5.74, 6) is -0.455. The molecule has 0 saturated carbocycles. The predicted octanol–water partition coefficient (Wildman–Crippen LogP) is 2.98. The first kappa shape index (κ1) is 16.0. The summed E-state index contributed by atoms with van der Waals surface area (Å²) >= 11 is 5.82. The first-order valence-electron chi connectivity index (χ1n) is 6.56. The van der Waals surface area contributed by atoms with E-state index in [-0.39, 0.29) is 23.9 Å². The molecular formula is C14H14ClN3O4. The Kier molecular flexibility index (Phi) is 4.77. The molecule has 0 amide bonds. The van der Waals surface area contributed by atoms with Crippen molar-refractivity contribution in [1.82, 2.24) is 9.78 Å². The highest BCUT2D eigenvalue weighted by atomic mass is 35.5. The van der Waals surface area contributed by atoms with Gasteiger partial charge in [-0.15, -0.1) is 0 Å². The van der Waals surface area contributed by atoms with E-state index in [0.29, 0.717) is 17.0 Å². The standard InChI is InChI=1S/C14H14ClN3O4/c1-3-22-14(19)8-17-12(6-9(2)16-17)11-5-4-10(15)7-13(11)18(20)21/h4-7H,3,8H2,1-2H3. The van der Waals surface area contributed by atoms with Crippen molar-refractivity contribution in [2.24, 2.45) is 0 Å². The zero-order valence-electron chi connectivity index (χ0n) is 12.1. The Morgan fingerprint density at radius 2 is 2.18 bits per heavy atom. The van der Waals surface area contributed by atoms with E-state index in [4.69, 9.17) is 16.3 Å². The molecule has 0 spiro atoms. The molecule has 0 aliphatic carbocycles. The number of esters is 1. The Balaban J connectivity index is 2.49. The van der Waals surface area contributed by atoms with Crippen molar-refractivity contribution in [3.05, 3.63) is 45.1 Å². The minimum absolute atomic E-state index is 0.114. The molecule has 2 rings (SSSR count). The molecule has 1 aromatic carbocycles. The third-order valence-corrected chi connectivity index (χ3v) is 3.15. The number of aryl methyl sites for hydroxylation is 1. The Hall–Kier alpha value is -2.41. The molecule has 1 aromatic heterocycles. The topological polar surface area (TPSA) is 87.3 Å². The van der Waals surface area contributed by atoms with Gasteiger partial charge in [0.05, 0.1) is 28.5 Å². The summed E-state index contributed by atoms with van der Waals surface area (Å²) in [5.41, 5.74) is 1.31. The van der Waals surface area contributed by atoms with Gasteiger partial charge in [-0.2, -0.15) is 5.10 Å². The largest absolute Gasteiger partial charge is 0.465 e. The summed E-state index contributed by atoms with van der Waals surface area (Å²) in [6.45, 7) is 3.59. The first-order valence-corrected chi connectivity index (χ1v) is 6.94. The number of aromatic nitrogens is 2. The molecule has 0 aliphatic heterocycles. The van der Waals surface area contributed by atoms with Crippen LogP contribution in [-0.2, 0) is 16.1 Å². The summed E-state index contributed by atoms with van der Waals surface area (Å²) < 4.78 is 6.28. The number of rotatable bonds is 5. The van der Waals surface area contributed by atoms with Crippen molar-refractivity contribution in [2.75, 3.05) is 6.61 Å². The molecular weight excluding hydrogens is 310 g/mol. The van der Waals surface area contributed by atoms with Crippen molar-refractivity contribution in [1.29, 1.82) is 0 Å². The van der Waals surface area contributed by atoms with Gasteiger partial charge in [0.15, 0.2) is 0 Å². The average molecular weight is 324 g/mol. The second kappa shape index (κ2) is 6.57. The van der Waals surface area contributed by atoms with E-state index in [1.807, 2.05) is 0 Å². The highest BCUT2D eigenvalue weighted by Crippen LogP contribution is 2.32. The molecule has 0 fully saturated rings. The van der Waals surface area contributed by atoms with E-state index >= 15 is 0 Å². The molecule has 8 heteroatoms. The average Bonchev–Trinajstić information content (AvgIpc) is 2.79. The fraction of sp³-hybridized carbons (Fsp3) is 0.286. The van der Waals surface area contributed by atoms with E-state index in [1.54, 1.807) is 32.0 Å². The second-order valence-electron chi connectivity index (χ2n) is 4.55. The molecule has 22 heavy (non-hydrogen) atoms. The van der Waals surface area contributed by atoms with Crippen LogP contribution in [0.1, 0.15) is 12.6 Å². The zero-order valence-corrected chi connectivity index (χ0v) is 12.8. The van der Waals surface area contributed by atoms with Crippen LogP contribution in [0.15, 0.2) is 24.3 Å². The Labute approximate surface area is 131 Å².